The van der Waals surface area contributed by atoms with Crippen LogP contribution >= 0.6 is 0 Å². The van der Waals surface area contributed by atoms with Gasteiger partial charge in [0.05, 0.1) is 18.9 Å². The second kappa shape index (κ2) is 8.30. The highest BCUT2D eigenvalue weighted by atomic mass is 19.1. The van der Waals surface area contributed by atoms with Crippen molar-refractivity contribution in [1.82, 2.24) is 9.97 Å². The Morgan fingerprint density at radius 3 is 2.78 bits per heavy atom. The van der Waals surface area contributed by atoms with Crippen LogP contribution in [0.2, 0.25) is 0 Å². The van der Waals surface area contributed by atoms with Crippen LogP contribution in [0.3, 0.4) is 0 Å². The molecule has 1 amide bonds. The summed E-state index contributed by atoms with van der Waals surface area (Å²) in [4.78, 5) is 33.8. The molecule has 0 saturated carbocycles. The summed E-state index contributed by atoms with van der Waals surface area (Å²) in [6.45, 7) is 6.12. The molecule has 1 aliphatic rings. The Morgan fingerprint density at radius 1 is 1.33 bits per heavy atom. The molecule has 2 aromatic rings. The minimum Gasteiger partial charge on any atom is -0.378 e. The lowest BCUT2D eigenvalue weighted by Gasteiger charge is -2.27. The number of carbonyl (C=O) groups is 1. The third kappa shape index (κ3) is 4.71. The van der Waals surface area contributed by atoms with Gasteiger partial charge in [0.25, 0.3) is 5.56 Å². The number of nitrogens with one attached hydrogen (secondary N) is 2. The van der Waals surface area contributed by atoms with Crippen LogP contribution in [0, 0.1) is 19.7 Å². The van der Waals surface area contributed by atoms with Gasteiger partial charge >= 0.3 is 0 Å². The smallest absolute Gasteiger partial charge is 0.255 e. The lowest BCUT2D eigenvalue weighted by atomic mass is 10.1. The summed E-state index contributed by atoms with van der Waals surface area (Å²) in [5.41, 5.74) is 1.80. The Labute approximate surface area is 156 Å². The number of rotatable bonds is 5. The van der Waals surface area contributed by atoms with Gasteiger partial charge in [-0.2, -0.15) is 0 Å². The number of hydrogen-bond acceptors (Lipinski definition) is 5. The Hall–Kier alpha value is -2.74. The quantitative estimate of drug-likeness (QED) is 0.835. The fraction of sp³-hybridized carbons (Fsp3) is 0.421. The molecule has 1 fully saturated rings. The lowest BCUT2D eigenvalue weighted by molar-refractivity contribution is -0.116. The van der Waals surface area contributed by atoms with E-state index >= 15 is 0 Å². The first kappa shape index (κ1) is 19.0. The Balaban J connectivity index is 1.66. The van der Waals surface area contributed by atoms with Gasteiger partial charge in [0.2, 0.25) is 11.9 Å². The molecule has 0 aliphatic carbocycles. The van der Waals surface area contributed by atoms with Gasteiger partial charge < -0.3 is 15.0 Å². The number of H-pyrrole nitrogens is 1. The maximum absolute atomic E-state index is 13.7. The highest BCUT2D eigenvalue weighted by molar-refractivity contribution is 5.91. The molecule has 27 heavy (non-hydrogen) atoms. The molecular formula is C19H23FN4O3. The molecule has 8 heteroatoms. The van der Waals surface area contributed by atoms with Gasteiger partial charge in [-0.05, 0) is 38.0 Å². The summed E-state index contributed by atoms with van der Waals surface area (Å²) in [6.07, 6.45) is 0.298. The molecule has 0 bridgehead atoms. The van der Waals surface area contributed by atoms with Crippen LogP contribution in [0.5, 0.6) is 0 Å². The van der Waals surface area contributed by atoms with E-state index in [1.54, 1.807) is 19.1 Å². The number of benzene rings is 1. The van der Waals surface area contributed by atoms with Crippen molar-refractivity contribution in [2.75, 3.05) is 36.5 Å². The van der Waals surface area contributed by atoms with E-state index in [0.29, 0.717) is 43.5 Å². The van der Waals surface area contributed by atoms with Crippen LogP contribution in [0.4, 0.5) is 16.0 Å². The maximum atomic E-state index is 13.7. The summed E-state index contributed by atoms with van der Waals surface area (Å²) < 4.78 is 19.1. The first-order valence-corrected chi connectivity index (χ1v) is 8.92. The van der Waals surface area contributed by atoms with Gasteiger partial charge in [0.15, 0.2) is 0 Å². The van der Waals surface area contributed by atoms with Gasteiger partial charge in [-0.1, -0.05) is 6.07 Å². The average Bonchev–Trinajstić information content (AvgIpc) is 2.64. The van der Waals surface area contributed by atoms with Crippen molar-refractivity contribution < 1.29 is 13.9 Å². The van der Waals surface area contributed by atoms with E-state index in [9.17, 15) is 14.0 Å². The van der Waals surface area contributed by atoms with Gasteiger partial charge in [-0.3, -0.25) is 14.6 Å². The normalized spacial score (nSPS) is 14.3. The fourth-order valence-corrected chi connectivity index (χ4v) is 3.00. The summed E-state index contributed by atoms with van der Waals surface area (Å²) in [7, 11) is 0. The number of aromatic amines is 1. The van der Waals surface area contributed by atoms with Crippen LogP contribution in [0.15, 0.2) is 23.0 Å². The predicted molar refractivity (Wildman–Crippen MR) is 101 cm³/mol. The number of aryl methyl sites for hydroxylation is 2. The van der Waals surface area contributed by atoms with Crippen molar-refractivity contribution in [3.05, 3.63) is 51.2 Å². The zero-order valence-corrected chi connectivity index (χ0v) is 15.5. The number of aromatic nitrogens is 2. The third-order valence-electron chi connectivity index (χ3n) is 4.52. The van der Waals surface area contributed by atoms with Crippen LogP contribution in [0.1, 0.15) is 23.2 Å². The summed E-state index contributed by atoms with van der Waals surface area (Å²) in [5.74, 6) is -0.314. The standard InChI is InChI=1S/C19H23FN4O3/c1-12-3-5-15(20)16(11-12)22-17(25)6-4-14-13(2)21-19(23-18(14)26)24-7-9-27-10-8-24/h3,5,11H,4,6-10H2,1-2H3,(H,22,25)(H,21,23,26). The first-order valence-electron chi connectivity index (χ1n) is 8.92. The van der Waals surface area contributed by atoms with E-state index in [4.69, 9.17) is 4.74 Å². The first-order chi connectivity index (χ1) is 12.9. The Morgan fingerprint density at radius 2 is 2.07 bits per heavy atom. The maximum Gasteiger partial charge on any atom is 0.255 e. The molecule has 1 aromatic carbocycles. The zero-order valence-electron chi connectivity index (χ0n) is 15.5. The lowest BCUT2D eigenvalue weighted by Crippen LogP contribution is -2.38. The molecule has 3 rings (SSSR count). The van der Waals surface area contributed by atoms with Gasteiger partial charge in [0.1, 0.15) is 5.82 Å². The van der Waals surface area contributed by atoms with Crippen molar-refractivity contribution in [1.29, 1.82) is 0 Å². The number of hydrogen-bond donors (Lipinski definition) is 2. The SMILES string of the molecule is Cc1ccc(F)c(NC(=O)CCc2c(C)nc(N3CCOCC3)[nH]c2=O)c1. The molecule has 0 spiro atoms. The number of morpholine rings is 1. The van der Waals surface area contributed by atoms with Crippen LogP contribution in [-0.4, -0.2) is 42.2 Å². The van der Waals surface area contributed by atoms with Crippen LogP contribution in [-0.2, 0) is 16.0 Å². The third-order valence-corrected chi connectivity index (χ3v) is 4.52. The largest absolute Gasteiger partial charge is 0.378 e. The topological polar surface area (TPSA) is 87.3 Å². The molecule has 0 unspecified atom stereocenters. The number of carbonyl (C=O) groups excluding carboxylic acids is 1. The number of anilines is 2. The van der Waals surface area contributed by atoms with E-state index in [-0.39, 0.29) is 30.0 Å². The number of amides is 1. The highest BCUT2D eigenvalue weighted by Crippen LogP contribution is 2.16. The summed E-state index contributed by atoms with van der Waals surface area (Å²) >= 11 is 0. The Bertz CT molecular complexity index is 891. The van der Waals surface area contributed by atoms with Gasteiger partial charge in [0, 0.05) is 30.8 Å². The molecule has 7 nitrogen and oxygen atoms in total. The van der Waals surface area contributed by atoms with E-state index in [0.717, 1.165) is 5.56 Å². The summed E-state index contributed by atoms with van der Waals surface area (Å²) in [6, 6.07) is 4.52. The number of halogens is 1. The molecule has 2 heterocycles. The average molecular weight is 374 g/mol. The number of nitrogens with zero attached hydrogens (tertiary/aromatic N) is 2. The summed E-state index contributed by atoms with van der Waals surface area (Å²) in [5, 5.41) is 2.55. The molecule has 0 atom stereocenters. The Kier molecular flexibility index (Phi) is 5.85. The molecule has 1 aromatic heterocycles. The highest BCUT2D eigenvalue weighted by Gasteiger charge is 2.17. The van der Waals surface area contributed by atoms with Crippen molar-refractivity contribution in [2.45, 2.75) is 26.7 Å². The predicted octanol–water partition coefficient (Wildman–Crippen LogP) is 1.93. The minimum absolute atomic E-state index is 0.0654. The van der Waals surface area contributed by atoms with Crippen LogP contribution < -0.4 is 15.8 Å². The van der Waals surface area contributed by atoms with E-state index in [2.05, 4.69) is 15.3 Å². The van der Waals surface area contributed by atoms with Gasteiger partial charge in [-0.25, -0.2) is 9.37 Å². The van der Waals surface area contributed by atoms with Gasteiger partial charge in [-0.15, -0.1) is 0 Å². The van der Waals surface area contributed by atoms with Crippen LogP contribution in [0.25, 0.3) is 0 Å². The second-order valence-corrected chi connectivity index (χ2v) is 6.58. The molecule has 0 radical (unpaired) electrons. The van der Waals surface area contributed by atoms with Crippen molar-refractivity contribution in [3.8, 4) is 0 Å². The molecular weight excluding hydrogens is 351 g/mol. The zero-order chi connectivity index (χ0) is 19.4. The molecule has 144 valence electrons. The molecule has 2 N–H and O–H groups in total. The van der Waals surface area contributed by atoms with Crippen molar-refractivity contribution in [2.24, 2.45) is 0 Å². The van der Waals surface area contributed by atoms with E-state index < -0.39 is 5.82 Å². The molecule has 1 saturated heterocycles. The van der Waals surface area contributed by atoms with E-state index in [1.807, 2.05) is 11.8 Å². The monoisotopic (exact) mass is 374 g/mol. The van der Waals surface area contributed by atoms with E-state index in [1.165, 1.54) is 6.07 Å². The molecule has 1 aliphatic heterocycles. The minimum atomic E-state index is -0.487. The van der Waals surface area contributed by atoms with Crippen molar-refractivity contribution in [3.63, 3.8) is 0 Å². The van der Waals surface area contributed by atoms with Crippen molar-refractivity contribution >= 4 is 17.5 Å². The number of ether oxygens (including phenoxy) is 1. The fourth-order valence-electron chi connectivity index (χ4n) is 3.00. The second-order valence-electron chi connectivity index (χ2n) is 6.58.